The van der Waals surface area contributed by atoms with Gasteiger partial charge in [0.1, 0.15) is 0 Å². The monoisotopic (exact) mass is 248 g/mol. The molecule has 0 saturated heterocycles. The van der Waals surface area contributed by atoms with Gasteiger partial charge >= 0.3 is 0 Å². The fourth-order valence-corrected chi connectivity index (χ4v) is 2.69. The highest BCUT2D eigenvalue weighted by Gasteiger charge is 2.08. The third-order valence-electron chi connectivity index (χ3n) is 2.59. The van der Waals surface area contributed by atoms with Crippen molar-refractivity contribution in [1.29, 1.82) is 0 Å². The van der Waals surface area contributed by atoms with E-state index in [9.17, 15) is 4.79 Å². The van der Waals surface area contributed by atoms with Crippen LogP contribution in [0.2, 0.25) is 0 Å². The van der Waals surface area contributed by atoms with Crippen LogP contribution in [0.25, 0.3) is 0 Å². The number of hydrogen-bond acceptors (Lipinski definition) is 3. The van der Waals surface area contributed by atoms with Gasteiger partial charge in [-0.2, -0.15) is 0 Å². The maximum absolute atomic E-state index is 11.4. The Bertz CT molecular complexity index is 513. The van der Waals surface area contributed by atoms with E-state index in [2.05, 4.69) is 17.3 Å². The van der Waals surface area contributed by atoms with Gasteiger partial charge in [-0.15, -0.1) is 11.3 Å². The molecule has 17 heavy (non-hydrogen) atoms. The van der Waals surface area contributed by atoms with Crippen molar-refractivity contribution in [3.63, 3.8) is 0 Å². The lowest BCUT2D eigenvalue weighted by atomic mass is 10.3. The van der Waals surface area contributed by atoms with Crippen molar-refractivity contribution >= 4 is 17.1 Å². The van der Waals surface area contributed by atoms with Crippen molar-refractivity contribution in [2.24, 2.45) is 0 Å². The molecular formula is C13H16N2OS. The summed E-state index contributed by atoms with van der Waals surface area (Å²) in [5.74, 6) is 0.0963. The maximum Gasteiger partial charge on any atom is 0.176 e. The number of nitrogens with zero attached hydrogens (tertiary/aromatic N) is 2. The van der Waals surface area contributed by atoms with E-state index in [1.54, 1.807) is 18.3 Å². The van der Waals surface area contributed by atoms with Crippen molar-refractivity contribution in [2.45, 2.75) is 33.2 Å². The van der Waals surface area contributed by atoms with Crippen molar-refractivity contribution in [2.75, 3.05) is 0 Å². The molecule has 3 nitrogen and oxygen atoms in total. The Hall–Kier alpha value is -1.42. The largest absolute Gasteiger partial charge is 0.339 e. The second-order valence-corrected chi connectivity index (χ2v) is 5.00. The second-order valence-electron chi connectivity index (χ2n) is 4.06. The Labute approximate surface area is 105 Å². The Balaban J connectivity index is 2.14. The summed E-state index contributed by atoms with van der Waals surface area (Å²) in [6.07, 6.45) is 4.08. The summed E-state index contributed by atoms with van der Waals surface area (Å²) in [5, 5.41) is 3.26. The van der Waals surface area contributed by atoms with E-state index in [1.165, 1.54) is 5.01 Å². The van der Waals surface area contributed by atoms with E-state index < -0.39 is 0 Å². The number of hydrogen-bond donors (Lipinski definition) is 0. The predicted molar refractivity (Wildman–Crippen MR) is 69.6 cm³/mol. The summed E-state index contributed by atoms with van der Waals surface area (Å²) in [6, 6.07) is 3.75. The average Bonchev–Trinajstić information content (AvgIpc) is 2.89. The molecule has 0 aliphatic rings. The zero-order valence-electron chi connectivity index (χ0n) is 10.1. The molecule has 0 aliphatic heterocycles. The fourth-order valence-electron chi connectivity index (χ4n) is 1.80. The molecule has 0 aliphatic carbocycles. The molecule has 0 unspecified atom stereocenters. The lowest BCUT2D eigenvalue weighted by Crippen LogP contribution is -2.06. The minimum absolute atomic E-state index is 0.0963. The van der Waals surface area contributed by atoms with E-state index in [4.69, 9.17) is 0 Å². The van der Waals surface area contributed by atoms with Gasteiger partial charge in [0, 0.05) is 18.5 Å². The molecular weight excluding hydrogens is 232 g/mol. The van der Waals surface area contributed by atoms with Gasteiger partial charge in [-0.1, -0.05) is 6.92 Å². The molecule has 0 bridgehead atoms. The normalized spacial score (nSPS) is 10.7. The van der Waals surface area contributed by atoms with Crippen LogP contribution in [0.15, 0.2) is 23.7 Å². The van der Waals surface area contributed by atoms with Gasteiger partial charge in [0.2, 0.25) is 0 Å². The highest BCUT2D eigenvalue weighted by molar-refractivity contribution is 7.09. The minimum atomic E-state index is 0.0963. The van der Waals surface area contributed by atoms with Gasteiger partial charge in [-0.3, -0.25) is 4.79 Å². The summed E-state index contributed by atoms with van der Waals surface area (Å²) in [6.45, 7) is 4.43. The molecule has 0 spiro atoms. The first-order valence-electron chi connectivity index (χ1n) is 5.80. The van der Waals surface area contributed by atoms with Crippen LogP contribution < -0.4 is 0 Å². The van der Waals surface area contributed by atoms with Crippen LogP contribution >= 0.6 is 11.3 Å². The van der Waals surface area contributed by atoms with Crippen molar-refractivity contribution in [1.82, 2.24) is 9.55 Å². The second kappa shape index (κ2) is 5.27. The molecule has 0 aromatic carbocycles. The van der Waals surface area contributed by atoms with Gasteiger partial charge in [-0.05, 0) is 25.0 Å². The predicted octanol–water partition coefficient (Wildman–Crippen LogP) is 3.15. The SMILES string of the molecule is CCCc1nc(Cn2cccc2C(C)=O)cs1. The van der Waals surface area contributed by atoms with E-state index in [-0.39, 0.29) is 5.78 Å². The molecule has 2 heterocycles. The number of Topliss-reactive ketones (excluding diaryl/α,β-unsaturated/α-hetero) is 1. The lowest BCUT2D eigenvalue weighted by Gasteiger charge is -2.04. The molecule has 0 fully saturated rings. The van der Waals surface area contributed by atoms with Crippen LogP contribution in [0.4, 0.5) is 0 Å². The van der Waals surface area contributed by atoms with Crippen LogP contribution in [0.5, 0.6) is 0 Å². The maximum atomic E-state index is 11.4. The van der Waals surface area contributed by atoms with Crippen LogP contribution in [-0.4, -0.2) is 15.3 Å². The van der Waals surface area contributed by atoms with Crippen molar-refractivity contribution < 1.29 is 4.79 Å². The van der Waals surface area contributed by atoms with E-state index >= 15 is 0 Å². The van der Waals surface area contributed by atoms with E-state index in [0.717, 1.165) is 24.2 Å². The Morgan fingerprint density at radius 3 is 3.06 bits per heavy atom. The first-order chi connectivity index (χ1) is 8.20. The molecule has 2 aromatic rings. The number of aromatic nitrogens is 2. The average molecular weight is 248 g/mol. The number of carbonyl (C=O) groups is 1. The lowest BCUT2D eigenvalue weighted by molar-refractivity contribution is 0.100. The minimum Gasteiger partial charge on any atom is -0.339 e. The molecule has 0 radical (unpaired) electrons. The highest BCUT2D eigenvalue weighted by atomic mass is 32.1. The standard InChI is InChI=1S/C13H16N2OS/c1-3-5-13-14-11(9-17-13)8-15-7-4-6-12(15)10(2)16/h4,6-7,9H,3,5,8H2,1-2H3. The summed E-state index contributed by atoms with van der Waals surface area (Å²) < 4.78 is 1.95. The smallest absolute Gasteiger partial charge is 0.176 e. The summed E-state index contributed by atoms with van der Waals surface area (Å²) in [5.41, 5.74) is 1.78. The molecule has 4 heteroatoms. The van der Waals surface area contributed by atoms with Crippen LogP contribution in [0, 0.1) is 0 Å². The third-order valence-corrected chi connectivity index (χ3v) is 3.54. The van der Waals surface area contributed by atoms with Crippen molar-refractivity contribution in [3.05, 3.63) is 40.1 Å². The fraction of sp³-hybridized carbons (Fsp3) is 0.385. The number of carbonyl (C=O) groups excluding carboxylic acids is 1. The molecule has 90 valence electrons. The van der Waals surface area contributed by atoms with Crippen LogP contribution in [0.1, 0.15) is 41.5 Å². The molecule has 2 aromatic heterocycles. The summed E-state index contributed by atoms with van der Waals surface area (Å²) >= 11 is 1.70. The van der Waals surface area contributed by atoms with Crippen LogP contribution in [-0.2, 0) is 13.0 Å². The highest BCUT2D eigenvalue weighted by Crippen LogP contribution is 2.14. The van der Waals surface area contributed by atoms with E-state index in [1.807, 2.05) is 22.9 Å². The van der Waals surface area contributed by atoms with Gasteiger partial charge in [0.15, 0.2) is 5.78 Å². The van der Waals surface area contributed by atoms with E-state index in [0.29, 0.717) is 6.54 Å². The van der Waals surface area contributed by atoms with Gasteiger partial charge < -0.3 is 4.57 Å². The topological polar surface area (TPSA) is 34.9 Å². The van der Waals surface area contributed by atoms with Gasteiger partial charge in [0.25, 0.3) is 0 Å². The van der Waals surface area contributed by atoms with Crippen LogP contribution in [0.3, 0.4) is 0 Å². The molecule has 2 rings (SSSR count). The molecule has 0 saturated carbocycles. The summed E-state index contributed by atoms with van der Waals surface area (Å²) in [4.78, 5) is 15.9. The zero-order chi connectivity index (χ0) is 12.3. The first-order valence-corrected chi connectivity index (χ1v) is 6.68. The zero-order valence-corrected chi connectivity index (χ0v) is 11.0. The first kappa shape index (κ1) is 12.0. The van der Waals surface area contributed by atoms with Crippen molar-refractivity contribution in [3.8, 4) is 0 Å². The molecule has 0 N–H and O–H groups in total. The number of aryl methyl sites for hydroxylation is 1. The molecule has 0 amide bonds. The number of rotatable bonds is 5. The quantitative estimate of drug-likeness (QED) is 0.762. The number of thiazole rings is 1. The van der Waals surface area contributed by atoms with Gasteiger partial charge in [-0.25, -0.2) is 4.98 Å². The molecule has 0 atom stereocenters. The Morgan fingerprint density at radius 1 is 1.53 bits per heavy atom. The Kier molecular flexibility index (Phi) is 3.74. The Morgan fingerprint density at radius 2 is 2.35 bits per heavy atom. The number of ketones is 1. The third kappa shape index (κ3) is 2.82. The summed E-state index contributed by atoms with van der Waals surface area (Å²) in [7, 11) is 0. The van der Waals surface area contributed by atoms with Gasteiger partial charge in [0.05, 0.1) is 22.9 Å².